The van der Waals surface area contributed by atoms with Crippen molar-refractivity contribution >= 4 is 23.3 Å². The number of aromatic nitrogens is 3. The zero-order chi connectivity index (χ0) is 15.1. The topological polar surface area (TPSA) is 97.9 Å². The molecule has 112 valence electrons. The molecule has 2 aromatic rings. The highest BCUT2D eigenvalue weighted by Crippen LogP contribution is 2.18. The molecular weight excluding hydrogens is 292 g/mol. The Kier molecular flexibility index (Phi) is 5.53. The molecule has 0 fully saturated rings. The molecule has 0 spiro atoms. The van der Waals surface area contributed by atoms with Crippen molar-refractivity contribution in [1.82, 2.24) is 19.9 Å². The molecule has 0 aliphatic rings. The molecule has 4 N–H and O–H groups in total. The van der Waals surface area contributed by atoms with Gasteiger partial charge in [0.2, 0.25) is 0 Å². The summed E-state index contributed by atoms with van der Waals surface area (Å²) in [6, 6.07) is 1.53. The Bertz CT molecular complexity index is 586. The number of nitrogens with one attached hydrogen (secondary N) is 2. The molecule has 8 heteroatoms. The maximum Gasteiger partial charge on any atom is 0.252 e. The van der Waals surface area contributed by atoms with Gasteiger partial charge in [0.05, 0.1) is 16.9 Å². The number of hydrogen-bond donors (Lipinski definition) is 3. The van der Waals surface area contributed by atoms with Gasteiger partial charge in [0.1, 0.15) is 0 Å². The van der Waals surface area contributed by atoms with E-state index in [4.69, 9.17) is 17.4 Å². The smallest absolute Gasteiger partial charge is 0.252 e. The highest BCUT2D eigenvalue weighted by Gasteiger charge is 2.08. The van der Waals surface area contributed by atoms with Crippen LogP contribution in [0.3, 0.4) is 0 Å². The van der Waals surface area contributed by atoms with E-state index in [-0.39, 0.29) is 5.91 Å². The molecule has 0 saturated heterocycles. The van der Waals surface area contributed by atoms with Crippen LogP contribution in [0.1, 0.15) is 23.2 Å². The van der Waals surface area contributed by atoms with Crippen LogP contribution in [-0.4, -0.2) is 27.0 Å². The van der Waals surface area contributed by atoms with E-state index in [1.165, 1.54) is 12.3 Å². The Morgan fingerprint density at radius 3 is 2.95 bits per heavy atom. The summed E-state index contributed by atoms with van der Waals surface area (Å²) in [4.78, 5) is 19.8. The van der Waals surface area contributed by atoms with E-state index in [1.54, 1.807) is 12.5 Å². The second-order valence-electron chi connectivity index (χ2n) is 4.46. The van der Waals surface area contributed by atoms with Crippen molar-refractivity contribution in [2.24, 2.45) is 5.84 Å². The van der Waals surface area contributed by atoms with Gasteiger partial charge in [-0.3, -0.25) is 4.79 Å². The SMILES string of the molecule is NNc1ncc(C(=O)NCCCCn2ccnc2)cc1Cl. The van der Waals surface area contributed by atoms with Gasteiger partial charge in [-0.2, -0.15) is 0 Å². The lowest BCUT2D eigenvalue weighted by Crippen LogP contribution is -2.25. The van der Waals surface area contributed by atoms with E-state index in [2.05, 4.69) is 20.7 Å². The molecule has 7 nitrogen and oxygen atoms in total. The summed E-state index contributed by atoms with van der Waals surface area (Å²) in [5.74, 6) is 5.37. The van der Waals surface area contributed by atoms with Crippen LogP contribution in [0.25, 0.3) is 0 Å². The van der Waals surface area contributed by atoms with Gasteiger partial charge in [0, 0.05) is 31.7 Å². The van der Waals surface area contributed by atoms with E-state index in [0.717, 1.165) is 19.4 Å². The Balaban J connectivity index is 1.73. The van der Waals surface area contributed by atoms with Gasteiger partial charge in [-0.05, 0) is 18.9 Å². The third-order valence-electron chi connectivity index (χ3n) is 2.93. The minimum atomic E-state index is -0.199. The predicted molar refractivity (Wildman–Crippen MR) is 80.9 cm³/mol. The molecule has 1 amide bonds. The first-order valence-corrected chi connectivity index (χ1v) is 6.94. The number of unbranched alkanes of at least 4 members (excludes halogenated alkanes) is 1. The molecule has 0 unspecified atom stereocenters. The summed E-state index contributed by atoms with van der Waals surface area (Å²) in [6.45, 7) is 1.49. The van der Waals surface area contributed by atoms with Crippen LogP contribution in [0, 0.1) is 0 Å². The van der Waals surface area contributed by atoms with E-state index >= 15 is 0 Å². The molecule has 0 radical (unpaired) electrons. The van der Waals surface area contributed by atoms with Crippen LogP contribution in [0.4, 0.5) is 5.82 Å². The average molecular weight is 309 g/mol. The number of carbonyl (C=O) groups excluding carboxylic acids is 1. The molecule has 0 aromatic carbocycles. The third kappa shape index (κ3) is 4.44. The third-order valence-corrected chi connectivity index (χ3v) is 3.22. The summed E-state index contributed by atoms with van der Waals surface area (Å²) >= 11 is 5.92. The fourth-order valence-corrected chi connectivity index (χ4v) is 2.03. The maximum absolute atomic E-state index is 11.9. The number of imidazole rings is 1. The number of halogens is 1. The standard InChI is InChI=1S/C13H17ClN6O/c14-11-7-10(8-18-12(11)19-15)13(21)17-3-1-2-5-20-6-4-16-9-20/h4,6-9H,1-3,5,15H2,(H,17,21)(H,18,19). The summed E-state index contributed by atoms with van der Waals surface area (Å²) in [5, 5.41) is 3.14. The zero-order valence-corrected chi connectivity index (χ0v) is 12.2. The summed E-state index contributed by atoms with van der Waals surface area (Å²) in [5.41, 5.74) is 2.76. The largest absolute Gasteiger partial charge is 0.352 e. The number of aryl methyl sites for hydroxylation is 1. The number of nitrogen functional groups attached to an aromatic ring is 1. The van der Waals surface area contributed by atoms with Crippen molar-refractivity contribution in [3.05, 3.63) is 41.6 Å². The fraction of sp³-hybridized carbons (Fsp3) is 0.308. The monoisotopic (exact) mass is 308 g/mol. The van der Waals surface area contributed by atoms with E-state index in [9.17, 15) is 4.79 Å². The van der Waals surface area contributed by atoms with Gasteiger partial charge >= 0.3 is 0 Å². The van der Waals surface area contributed by atoms with Crippen LogP contribution in [0.5, 0.6) is 0 Å². The lowest BCUT2D eigenvalue weighted by atomic mass is 10.2. The quantitative estimate of drug-likeness (QED) is 0.408. The molecule has 0 atom stereocenters. The minimum absolute atomic E-state index is 0.199. The molecule has 2 rings (SSSR count). The lowest BCUT2D eigenvalue weighted by molar-refractivity contribution is 0.0952. The van der Waals surface area contributed by atoms with Crippen LogP contribution < -0.4 is 16.6 Å². The predicted octanol–water partition coefficient (Wildman–Crippen LogP) is 1.43. The van der Waals surface area contributed by atoms with Crippen LogP contribution in [0.2, 0.25) is 5.02 Å². The first-order valence-electron chi connectivity index (χ1n) is 6.57. The van der Waals surface area contributed by atoms with Crippen molar-refractivity contribution in [3.63, 3.8) is 0 Å². The Morgan fingerprint density at radius 2 is 2.29 bits per heavy atom. The normalized spacial score (nSPS) is 10.4. The summed E-state index contributed by atoms with van der Waals surface area (Å²) < 4.78 is 2.00. The van der Waals surface area contributed by atoms with E-state index in [0.29, 0.717) is 22.9 Å². The van der Waals surface area contributed by atoms with E-state index in [1.807, 2.05) is 10.8 Å². The second kappa shape index (κ2) is 7.61. The van der Waals surface area contributed by atoms with Crippen LogP contribution in [-0.2, 0) is 6.54 Å². The van der Waals surface area contributed by atoms with Gasteiger partial charge in [0.25, 0.3) is 5.91 Å². The number of hydrogen-bond acceptors (Lipinski definition) is 5. The molecule has 0 saturated carbocycles. The molecule has 0 aliphatic heterocycles. The van der Waals surface area contributed by atoms with Crippen molar-refractivity contribution < 1.29 is 4.79 Å². The highest BCUT2D eigenvalue weighted by molar-refractivity contribution is 6.33. The van der Waals surface area contributed by atoms with Crippen LogP contribution in [0.15, 0.2) is 31.0 Å². The fourth-order valence-electron chi connectivity index (χ4n) is 1.81. The number of anilines is 1. The van der Waals surface area contributed by atoms with Gasteiger partial charge in [-0.25, -0.2) is 15.8 Å². The molecular formula is C13H17ClN6O. The number of amides is 1. The highest BCUT2D eigenvalue weighted by atomic mass is 35.5. The maximum atomic E-state index is 11.9. The van der Waals surface area contributed by atoms with Gasteiger partial charge < -0.3 is 15.3 Å². The molecule has 0 bridgehead atoms. The number of pyridine rings is 1. The molecule has 0 aliphatic carbocycles. The first kappa shape index (κ1) is 15.3. The second-order valence-corrected chi connectivity index (χ2v) is 4.87. The number of nitrogens with two attached hydrogens (primary N) is 1. The molecule has 21 heavy (non-hydrogen) atoms. The van der Waals surface area contributed by atoms with Crippen molar-refractivity contribution in [1.29, 1.82) is 0 Å². The van der Waals surface area contributed by atoms with Crippen molar-refractivity contribution in [2.75, 3.05) is 12.0 Å². The Hall–Kier alpha value is -2.12. The summed E-state index contributed by atoms with van der Waals surface area (Å²) in [7, 11) is 0. The minimum Gasteiger partial charge on any atom is -0.352 e. The summed E-state index contributed by atoms with van der Waals surface area (Å²) in [6.07, 6.45) is 8.72. The Morgan fingerprint density at radius 1 is 1.43 bits per heavy atom. The molecule has 2 aromatic heterocycles. The van der Waals surface area contributed by atoms with Crippen molar-refractivity contribution in [2.45, 2.75) is 19.4 Å². The van der Waals surface area contributed by atoms with Crippen molar-refractivity contribution in [3.8, 4) is 0 Å². The Labute approximate surface area is 127 Å². The van der Waals surface area contributed by atoms with Gasteiger partial charge in [-0.15, -0.1) is 0 Å². The number of rotatable bonds is 7. The number of nitrogens with zero attached hydrogens (tertiary/aromatic N) is 3. The first-order chi connectivity index (χ1) is 10.2. The molecule has 2 heterocycles. The number of hydrazine groups is 1. The van der Waals surface area contributed by atoms with Gasteiger partial charge in [-0.1, -0.05) is 11.6 Å². The van der Waals surface area contributed by atoms with Gasteiger partial charge in [0.15, 0.2) is 5.82 Å². The lowest BCUT2D eigenvalue weighted by Gasteiger charge is -2.07. The number of carbonyl (C=O) groups is 1. The van der Waals surface area contributed by atoms with E-state index < -0.39 is 0 Å². The zero-order valence-electron chi connectivity index (χ0n) is 11.4. The van der Waals surface area contributed by atoms with Crippen LogP contribution >= 0.6 is 11.6 Å². The average Bonchev–Trinajstić information content (AvgIpc) is 3.00.